The predicted molar refractivity (Wildman–Crippen MR) is 129 cm³/mol. The number of hydrogen-bond donors (Lipinski definition) is 1. The van der Waals surface area contributed by atoms with Crippen molar-refractivity contribution in [3.05, 3.63) is 71.8 Å². The third-order valence-corrected chi connectivity index (χ3v) is 7.19. The number of carbonyl (C=O) groups is 2. The summed E-state index contributed by atoms with van der Waals surface area (Å²) in [6.07, 6.45) is 3.73. The van der Waals surface area contributed by atoms with Crippen LogP contribution >= 0.6 is 0 Å². The second kappa shape index (κ2) is 12.0. The maximum Gasteiger partial charge on any atom is 0.222 e. The summed E-state index contributed by atoms with van der Waals surface area (Å²) in [5.74, 6) is -0.194. The first kappa shape index (κ1) is 24.9. The Morgan fingerprint density at radius 1 is 1.00 bits per heavy atom. The van der Waals surface area contributed by atoms with E-state index in [1.807, 2.05) is 48.5 Å². The van der Waals surface area contributed by atoms with Gasteiger partial charge >= 0.3 is 0 Å². The Bertz CT molecular complexity index is 1010. The zero-order chi connectivity index (χ0) is 23.7. The highest BCUT2D eigenvalue weighted by molar-refractivity contribution is 7.88. The first-order chi connectivity index (χ1) is 15.8. The monoisotopic (exact) mass is 471 g/mol. The van der Waals surface area contributed by atoms with Crippen molar-refractivity contribution >= 4 is 21.8 Å². The molecule has 1 N–H and O–H groups in total. The summed E-state index contributed by atoms with van der Waals surface area (Å²) < 4.78 is 26.7. The van der Waals surface area contributed by atoms with E-state index < -0.39 is 16.1 Å². The van der Waals surface area contributed by atoms with Gasteiger partial charge in [0.15, 0.2) is 0 Å². The number of benzene rings is 2. The molecule has 178 valence electrons. The summed E-state index contributed by atoms with van der Waals surface area (Å²) in [6, 6.07) is 18.7. The quantitative estimate of drug-likeness (QED) is 0.702. The van der Waals surface area contributed by atoms with Crippen LogP contribution in [0.15, 0.2) is 60.7 Å². The summed E-state index contributed by atoms with van der Waals surface area (Å²) in [6.45, 7) is 1.47. The van der Waals surface area contributed by atoms with Crippen LogP contribution in [0.25, 0.3) is 0 Å². The molecule has 1 unspecified atom stereocenters. The van der Waals surface area contributed by atoms with Gasteiger partial charge in [-0.2, -0.15) is 4.31 Å². The Labute approximate surface area is 196 Å². The molecule has 0 radical (unpaired) electrons. The summed E-state index contributed by atoms with van der Waals surface area (Å²) in [7, 11) is -3.56. The van der Waals surface area contributed by atoms with Gasteiger partial charge in [-0.25, -0.2) is 8.42 Å². The largest absolute Gasteiger partial charge is 0.354 e. The van der Waals surface area contributed by atoms with Gasteiger partial charge in [0.1, 0.15) is 0 Å². The van der Waals surface area contributed by atoms with Crippen molar-refractivity contribution < 1.29 is 18.0 Å². The summed E-state index contributed by atoms with van der Waals surface area (Å²) in [5.41, 5.74) is 1.98. The highest BCUT2D eigenvalue weighted by Gasteiger charge is 2.30. The van der Waals surface area contributed by atoms with Crippen molar-refractivity contribution in [3.8, 4) is 0 Å². The van der Waals surface area contributed by atoms with Gasteiger partial charge in [0.05, 0.1) is 12.3 Å². The molecule has 2 amide bonds. The van der Waals surface area contributed by atoms with Gasteiger partial charge in [-0.05, 0) is 30.4 Å². The fourth-order valence-electron chi connectivity index (χ4n) is 4.22. The smallest absolute Gasteiger partial charge is 0.222 e. The molecule has 1 saturated heterocycles. The minimum Gasteiger partial charge on any atom is -0.354 e. The Balaban J connectivity index is 1.68. The van der Waals surface area contributed by atoms with Crippen LogP contribution in [0.4, 0.5) is 0 Å². The molecule has 0 bridgehead atoms. The molecule has 8 heteroatoms. The lowest BCUT2D eigenvalue weighted by molar-refractivity contribution is -0.131. The van der Waals surface area contributed by atoms with Crippen molar-refractivity contribution in [1.82, 2.24) is 14.5 Å². The molecule has 1 aliphatic rings. The second-order valence-corrected chi connectivity index (χ2v) is 10.4. The van der Waals surface area contributed by atoms with Gasteiger partial charge in [0.25, 0.3) is 0 Å². The lowest BCUT2D eigenvalue weighted by Crippen LogP contribution is -2.39. The van der Waals surface area contributed by atoms with E-state index in [1.54, 1.807) is 4.90 Å². The Morgan fingerprint density at radius 2 is 1.67 bits per heavy atom. The van der Waals surface area contributed by atoms with Crippen LogP contribution in [0.3, 0.4) is 0 Å². The van der Waals surface area contributed by atoms with Crippen LogP contribution in [0.2, 0.25) is 0 Å². The lowest BCUT2D eigenvalue weighted by atomic mass is 10.0. The molecule has 2 aromatic rings. The summed E-state index contributed by atoms with van der Waals surface area (Å²) in [4.78, 5) is 27.2. The minimum absolute atomic E-state index is 0.0324. The minimum atomic E-state index is -3.56. The third kappa shape index (κ3) is 7.68. The number of sulfonamides is 1. The topological polar surface area (TPSA) is 86.8 Å². The third-order valence-electron chi connectivity index (χ3n) is 5.90. The van der Waals surface area contributed by atoms with E-state index in [4.69, 9.17) is 0 Å². The Kier molecular flexibility index (Phi) is 9.03. The maximum absolute atomic E-state index is 12.9. The van der Waals surface area contributed by atoms with Crippen LogP contribution in [-0.2, 0) is 26.0 Å². The maximum atomic E-state index is 12.9. The molecule has 1 atom stereocenters. The SMILES string of the molecule is CS(=O)(=O)N1CCCN(C(=O)CCCc2ccccc2)CCNC(=O)CC1c1ccccc1. The zero-order valence-corrected chi connectivity index (χ0v) is 20.0. The molecule has 0 saturated carbocycles. The van der Waals surface area contributed by atoms with Gasteiger partial charge < -0.3 is 10.2 Å². The highest BCUT2D eigenvalue weighted by atomic mass is 32.2. The van der Waals surface area contributed by atoms with Crippen molar-refractivity contribution in [1.29, 1.82) is 0 Å². The van der Waals surface area contributed by atoms with Crippen LogP contribution in [0.1, 0.15) is 42.9 Å². The van der Waals surface area contributed by atoms with Crippen molar-refractivity contribution in [2.45, 2.75) is 38.1 Å². The molecular formula is C25H33N3O4S. The average molecular weight is 472 g/mol. The number of nitrogens with one attached hydrogen (secondary N) is 1. The van der Waals surface area contributed by atoms with E-state index in [9.17, 15) is 18.0 Å². The van der Waals surface area contributed by atoms with Gasteiger partial charge in [-0.3, -0.25) is 9.59 Å². The molecule has 0 aromatic heterocycles. The standard InChI is InChI=1S/C25H33N3O4S/c1-33(31,32)28-18-9-17-27(25(30)15-8-12-21-10-4-2-5-11-21)19-16-26-24(29)20-23(28)22-13-6-3-7-14-22/h2-7,10-11,13-14,23H,8-9,12,15-20H2,1H3,(H,26,29). The summed E-state index contributed by atoms with van der Waals surface area (Å²) in [5, 5.41) is 2.86. The summed E-state index contributed by atoms with van der Waals surface area (Å²) >= 11 is 0. The average Bonchev–Trinajstić information content (AvgIpc) is 2.83. The predicted octanol–water partition coefficient (Wildman–Crippen LogP) is 2.75. The highest BCUT2D eigenvalue weighted by Crippen LogP contribution is 2.27. The van der Waals surface area contributed by atoms with Gasteiger partial charge in [0.2, 0.25) is 21.8 Å². The van der Waals surface area contributed by atoms with E-state index in [0.29, 0.717) is 32.5 Å². The van der Waals surface area contributed by atoms with Crippen molar-refractivity contribution in [2.75, 3.05) is 32.4 Å². The van der Waals surface area contributed by atoms with E-state index in [0.717, 1.165) is 18.4 Å². The molecule has 1 aliphatic heterocycles. The molecule has 1 fully saturated rings. The Hall–Kier alpha value is -2.71. The Morgan fingerprint density at radius 3 is 2.33 bits per heavy atom. The number of nitrogens with zero attached hydrogens (tertiary/aromatic N) is 2. The number of amides is 2. The van der Waals surface area contributed by atoms with Crippen LogP contribution < -0.4 is 5.32 Å². The number of aryl methyl sites for hydroxylation is 1. The fraction of sp³-hybridized carbons (Fsp3) is 0.440. The molecule has 0 spiro atoms. The van der Waals surface area contributed by atoms with Gasteiger partial charge in [-0.1, -0.05) is 60.7 Å². The van der Waals surface area contributed by atoms with Gasteiger partial charge in [-0.15, -0.1) is 0 Å². The molecule has 3 rings (SSSR count). The van der Waals surface area contributed by atoms with Crippen molar-refractivity contribution in [2.24, 2.45) is 0 Å². The van der Waals surface area contributed by atoms with E-state index in [1.165, 1.54) is 16.1 Å². The lowest BCUT2D eigenvalue weighted by Gasteiger charge is -2.30. The van der Waals surface area contributed by atoms with Crippen LogP contribution in [0, 0.1) is 0 Å². The molecular weight excluding hydrogens is 438 g/mol. The molecule has 33 heavy (non-hydrogen) atoms. The van der Waals surface area contributed by atoms with E-state index >= 15 is 0 Å². The molecule has 7 nitrogen and oxygen atoms in total. The van der Waals surface area contributed by atoms with E-state index in [2.05, 4.69) is 17.4 Å². The second-order valence-electron chi connectivity index (χ2n) is 8.43. The molecule has 1 heterocycles. The first-order valence-corrected chi connectivity index (χ1v) is 13.3. The fourth-order valence-corrected chi connectivity index (χ4v) is 5.34. The number of hydrogen-bond acceptors (Lipinski definition) is 4. The zero-order valence-electron chi connectivity index (χ0n) is 19.2. The van der Waals surface area contributed by atoms with E-state index in [-0.39, 0.29) is 24.8 Å². The molecule has 0 aliphatic carbocycles. The molecule has 2 aromatic carbocycles. The van der Waals surface area contributed by atoms with Gasteiger partial charge in [0, 0.05) is 39.0 Å². The van der Waals surface area contributed by atoms with Crippen molar-refractivity contribution in [3.63, 3.8) is 0 Å². The number of carbonyl (C=O) groups excluding carboxylic acids is 2. The van der Waals surface area contributed by atoms with Crippen LogP contribution in [0.5, 0.6) is 0 Å². The first-order valence-electron chi connectivity index (χ1n) is 11.4. The van der Waals surface area contributed by atoms with Crippen LogP contribution in [-0.4, -0.2) is 61.9 Å². The number of rotatable bonds is 6. The normalized spacial score (nSPS) is 18.9.